The number of rotatable bonds is 7. The number of carbonyl (C=O) groups is 1. The summed E-state index contributed by atoms with van der Waals surface area (Å²) in [6, 6.07) is 11.1. The lowest BCUT2D eigenvalue weighted by molar-refractivity contribution is -0.128. The molecule has 32 heavy (non-hydrogen) atoms. The van der Waals surface area contributed by atoms with Gasteiger partial charge in [0.05, 0.1) is 0 Å². The average molecular weight is 428 g/mol. The molecule has 0 saturated carbocycles. The van der Waals surface area contributed by atoms with Gasteiger partial charge in [0.2, 0.25) is 0 Å². The molecule has 1 aromatic rings. The van der Waals surface area contributed by atoms with Crippen LogP contribution < -0.4 is 9.64 Å². The van der Waals surface area contributed by atoms with Crippen molar-refractivity contribution in [3.05, 3.63) is 65.0 Å². The number of hydrogen-bond acceptors (Lipinski definition) is 7. The van der Waals surface area contributed by atoms with Gasteiger partial charge in [0.25, 0.3) is 0 Å². The summed E-state index contributed by atoms with van der Waals surface area (Å²) in [5, 5.41) is 28.1. The predicted octanol–water partition coefficient (Wildman–Crippen LogP) is 4.57. The monoisotopic (exact) mass is 428 g/mol. The Morgan fingerprint density at radius 3 is 2.38 bits per heavy atom. The normalized spacial score (nSPS) is 14.2. The van der Waals surface area contributed by atoms with Crippen LogP contribution in [0.5, 0.6) is 5.75 Å². The first-order valence-electron chi connectivity index (χ1n) is 10.1. The molecule has 1 aromatic carbocycles. The van der Waals surface area contributed by atoms with E-state index in [-0.39, 0.29) is 16.9 Å². The molecule has 0 atom stereocenters. The third-order valence-corrected chi connectivity index (χ3v) is 5.00. The maximum absolute atomic E-state index is 11.9. The van der Waals surface area contributed by atoms with Crippen LogP contribution in [0.2, 0.25) is 0 Å². The third kappa shape index (κ3) is 4.89. The van der Waals surface area contributed by atoms with Gasteiger partial charge in [0.1, 0.15) is 35.1 Å². The second-order valence-electron chi connectivity index (χ2n) is 7.29. The summed E-state index contributed by atoms with van der Waals surface area (Å²) in [5.41, 5.74) is 0.936. The van der Waals surface area contributed by atoms with E-state index < -0.39 is 11.6 Å². The van der Waals surface area contributed by atoms with E-state index >= 15 is 0 Å². The van der Waals surface area contributed by atoms with Crippen LogP contribution in [-0.2, 0) is 9.53 Å². The van der Waals surface area contributed by atoms with Crippen molar-refractivity contribution in [2.24, 2.45) is 0 Å². The molecule has 0 spiro atoms. The van der Waals surface area contributed by atoms with E-state index in [1.165, 1.54) is 0 Å². The molecular weight excluding hydrogens is 404 g/mol. The Hall–Kier alpha value is -4.28. The summed E-state index contributed by atoms with van der Waals surface area (Å²) < 4.78 is 11.2. The van der Waals surface area contributed by atoms with Crippen molar-refractivity contribution in [1.29, 1.82) is 15.8 Å². The molecule has 0 saturated heterocycles. The minimum Gasteiger partial charge on any atom is -0.480 e. The zero-order valence-electron chi connectivity index (χ0n) is 18.6. The van der Waals surface area contributed by atoms with Gasteiger partial charge in [-0.15, -0.1) is 0 Å². The molecule has 1 heterocycles. The lowest BCUT2D eigenvalue weighted by atomic mass is 9.94. The number of benzene rings is 1. The number of nitriles is 3. The first-order chi connectivity index (χ1) is 15.3. The Balaban J connectivity index is 2.61. The van der Waals surface area contributed by atoms with Crippen LogP contribution in [0.15, 0.2) is 59.4 Å². The minimum atomic E-state index is -0.936. The number of ether oxygens (including phenoxy) is 2. The van der Waals surface area contributed by atoms with Crippen LogP contribution in [0.4, 0.5) is 5.69 Å². The van der Waals surface area contributed by atoms with E-state index in [9.17, 15) is 20.6 Å². The van der Waals surface area contributed by atoms with Crippen LogP contribution in [0.3, 0.4) is 0 Å². The largest absolute Gasteiger partial charge is 0.480 e. The summed E-state index contributed by atoms with van der Waals surface area (Å²) in [5.74, 6) is -0.273. The summed E-state index contributed by atoms with van der Waals surface area (Å²) >= 11 is 0. The van der Waals surface area contributed by atoms with Gasteiger partial charge in [-0.05, 0) is 39.8 Å². The Labute approximate surface area is 188 Å². The fourth-order valence-electron chi connectivity index (χ4n) is 3.34. The summed E-state index contributed by atoms with van der Waals surface area (Å²) in [6.45, 7) is 12.6. The quantitative estimate of drug-likeness (QED) is 0.271. The van der Waals surface area contributed by atoms with Crippen molar-refractivity contribution in [2.45, 2.75) is 33.3 Å². The third-order valence-electron chi connectivity index (χ3n) is 5.00. The molecule has 0 unspecified atom stereocenters. The van der Waals surface area contributed by atoms with E-state index in [0.717, 1.165) is 24.9 Å². The molecule has 1 aliphatic heterocycles. The van der Waals surface area contributed by atoms with E-state index in [0.29, 0.717) is 16.9 Å². The van der Waals surface area contributed by atoms with Crippen LogP contribution in [0, 0.1) is 34.0 Å². The maximum Gasteiger partial charge on any atom is 0.335 e. The van der Waals surface area contributed by atoms with Crippen LogP contribution >= 0.6 is 0 Å². The van der Waals surface area contributed by atoms with Crippen LogP contribution in [-0.4, -0.2) is 24.7 Å². The summed E-state index contributed by atoms with van der Waals surface area (Å²) in [4.78, 5) is 14.0. The van der Waals surface area contributed by atoms with Gasteiger partial charge in [0.15, 0.2) is 11.3 Å². The smallest absolute Gasteiger partial charge is 0.335 e. The number of carbonyl (C=O) groups excluding carboxylic acids is 1. The first-order valence-corrected chi connectivity index (χ1v) is 10.1. The fraction of sp³-hybridized carbons (Fsp3) is 0.280. The molecule has 1 aliphatic rings. The first kappa shape index (κ1) is 24.0. The number of esters is 1. The number of hydrogen-bond donors (Lipinski definition) is 0. The van der Waals surface area contributed by atoms with Crippen molar-refractivity contribution in [3.8, 4) is 24.0 Å². The topological polar surface area (TPSA) is 110 Å². The second kappa shape index (κ2) is 10.2. The molecule has 0 N–H and O–H groups in total. The Bertz CT molecular complexity index is 1130. The van der Waals surface area contributed by atoms with Crippen LogP contribution in [0.25, 0.3) is 6.08 Å². The Kier molecular flexibility index (Phi) is 7.61. The molecular formula is C25H24N4O3. The number of allylic oxidation sites excluding steroid dienone is 2. The second-order valence-corrected chi connectivity index (χ2v) is 7.29. The van der Waals surface area contributed by atoms with Gasteiger partial charge in [-0.1, -0.05) is 18.7 Å². The lowest BCUT2D eigenvalue weighted by Gasteiger charge is -2.22. The molecule has 7 nitrogen and oxygen atoms in total. The van der Waals surface area contributed by atoms with Crippen LogP contribution in [0.1, 0.15) is 33.3 Å². The summed E-state index contributed by atoms with van der Waals surface area (Å²) in [7, 11) is 0. The van der Waals surface area contributed by atoms with Crippen molar-refractivity contribution >= 4 is 17.7 Å². The standard InChI is InChI=1S/C25H24N4O3/c1-6-23(30)31-22-13-19(29(7-2)8-3)11-9-17(22)10-12-21-20(16-28)24(18(14-26)15-27)32-25(21,4)5/h6,9-13H,1,7-8H2,2-5H3. The molecule has 0 bridgehead atoms. The SMILES string of the molecule is C=CC(=O)Oc1cc(N(CC)CC)ccc1C=CC1=C(C#N)C(=C(C#N)C#N)OC1(C)C. The molecule has 0 radical (unpaired) electrons. The highest BCUT2D eigenvalue weighted by Crippen LogP contribution is 2.40. The minimum absolute atomic E-state index is 0.0302. The van der Waals surface area contributed by atoms with E-state index in [1.807, 2.05) is 32.0 Å². The Morgan fingerprint density at radius 2 is 1.84 bits per heavy atom. The van der Waals surface area contributed by atoms with Gasteiger partial charge in [-0.25, -0.2) is 4.79 Å². The van der Waals surface area contributed by atoms with Gasteiger partial charge in [-0.3, -0.25) is 0 Å². The zero-order chi connectivity index (χ0) is 23.9. The average Bonchev–Trinajstić information content (AvgIpc) is 3.04. The van der Waals surface area contributed by atoms with E-state index in [1.54, 1.807) is 44.2 Å². The molecule has 0 amide bonds. The molecule has 0 aromatic heterocycles. The number of anilines is 1. The molecule has 2 rings (SSSR count). The lowest BCUT2D eigenvalue weighted by Crippen LogP contribution is -2.22. The van der Waals surface area contributed by atoms with Gasteiger partial charge in [0, 0.05) is 42.1 Å². The fourth-order valence-corrected chi connectivity index (χ4v) is 3.34. The Morgan fingerprint density at radius 1 is 1.19 bits per heavy atom. The predicted molar refractivity (Wildman–Crippen MR) is 121 cm³/mol. The highest BCUT2D eigenvalue weighted by atomic mass is 16.5. The van der Waals surface area contributed by atoms with Gasteiger partial charge >= 0.3 is 5.97 Å². The maximum atomic E-state index is 11.9. The van der Waals surface area contributed by atoms with Crippen molar-refractivity contribution in [1.82, 2.24) is 0 Å². The van der Waals surface area contributed by atoms with Crippen molar-refractivity contribution < 1.29 is 14.3 Å². The van der Waals surface area contributed by atoms with E-state index in [4.69, 9.17) is 9.47 Å². The zero-order valence-corrected chi connectivity index (χ0v) is 18.6. The molecule has 0 aliphatic carbocycles. The van der Waals surface area contributed by atoms with Gasteiger partial charge < -0.3 is 14.4 Å². The van der Waals surface area contributed by atoms with E-state index in [2.05, 4.69) is 11.5 Å². The molecule has 0 fully saturated rings. The van der Waals surface area contributed by atoms with Gasteiger partial charge in [-0.2, -0.15) is 15.8 Å². The number of nitrogens with zero attached hydrogens (tertiary/aromatic N) is 4. The molecule has 7 heteroatoms. The van der Waals surface area contributed by atoms with Crippen molar-refractivity contribution in [3.63, 3.8) is 0 Å². The summed E-state index contributed by atoms with van der Waals surface area (Å²) in [6.07, 6.45) is 4.47. The van der Waals surface area contributed by atoms with Crippen molar-refractivity contribution in [2.75, 3.05) is 18.0 Å². The molecule has 162 valence electrons. The highest BCUT2D eigenvalue weighted by Gasteiger charge is 2.38. The highest BCUT2D eigenvalue weighted by molar-refractivity contribution is 5.84.